The van der Waals surface area contributed by atoms with E-state index in [1.807, 2.05) is 31.2 Å². The van der Waals surface area contributed by atoms with Gasteiger partial charge in [0.1, 0.15) is 11.5 Å². The molecule has 3 rings (SSSR count). The summed E-state index contributed by atoms with van der Waals surface area (Å²) in [5.74, 6) is 0.532. The zero-order valence-corrected chi connectivity index (χ0v) is 15.0. The predicted molar refractivity (Wildman–Crippen MR) is 97.4 cm³/mol. The molecule has 5 heteroatoms. The Morgan fingerprint density at radius 2 is 1.92 bits per heavy atom. The van der Waals surface area contributed by atoms with Gasteiger partial charge in [0, 0.05) is 6.07 Å². The summed E-state index contributed by atoms with van der Waals surface area (Å²) < 4.78 is 15.7. The molecule has 0 atom stereocenters. The molecule has 5 nitrogen and oxygen atoms in total. The quantitative estimate of drug-likeness (QED) is 0.606. The van der Waals surface area contributed by atoms with Gasteiger partial charge in [0.25, 0.3) is 0 Å². The third kappa shape index (κ3) is 3.61. The lowest BCUT2D eigenvalue weighted by Crippen LogP contribution is -2.12. The maximum Gasteiger partial charge on any atom is 0.343 e. The number of fused-ring (bicyclic) bond motifs is 1. The Hall–Kier alpha value is -3.08. The van der Waals surface area contributed by atoms with Crippen molar-refractivity contribution in [2.24, 2.45) is 0 Å². The van der Waals surface area contributed by atoms with Crippen LogP contribution >= 0.6 is 0 Å². The van der Waals surface area contributed by atoms with Gasteiger partial charge in [-0.2, -0.15) is 0 Å². The molecular formula is C21H20O5. The molecule has 1 aliphatic heterocycles. The molecule has 0 bridgehead atoms. The second-order valence-corrected chi connectivity index (χ2v) is 6.01. The summed E-state index contributed by atoms with van der Waals surface area (Å²) in [4.78, 5) is 23.9. The lowest BCUT2D eigenvalue weighted by molar-refractivity contribution is -0.142. The van der Waals surface area contributed by atoms with Gasteiger partial charge in [-0.25, -0.2) is 4.79 Å². The summed E-state index contributed by atoms with van der Waals surface area (Å²) in [7, 11) is 1.30. The van der Waals surface area contributed by atoms with Crippen molar-refractivity contribution in [3.05, 3.63) is 64.4 Å². The van der Waals surface area contributed by atoms with Gasteiger partial charge >= 0.3 is 5.97 Å². The monoisotopic (exact) mass is 352 g/mol. The molecule has 26 heavy (non-hydrogen) atoms. The van der Waals surface area contributed by atoms with E-state index in [1.54, 1.807) is 18.2 Å². The molecule has 0 saturated heterocycles. The van der Waals surface area contributed by atoms with Gasteiger partial charge in [-0.3, -0.25) is 4.79 Å². The molecule has 1 aliphatic rings. The number of ether oxygens (including phenoxy) is 3. The topological polar surface area (TPSA) is 61.8 Å². The van der Waals surface area contributed by atoms with Gasteiger partial charge in [-0.1, -0.05) is 31.2 Å². The first kappa shape index (κ1) is 17.7. The average Bonchev–Trinajstić information content (AvgIpc) is 2.96. The third-order valence-electron chi connectivity index (χ3n) is 4.21. The number of esters is 1. The van der Waals surface area contributed by atoms with Gasteiger partial charge in [-0.15, -0.1) is 0 Å². The van der Waals surface area contributed by atoms with Crippen molar-refractivity contribution >= 4 is 17.8 Å². The lowest BCUT2D eigenvalue weighted by Gasteiger charge is -2.08. The van der Waals surface area contributed by atoms with Crippen LogP contribution in [0.2, 0.25) is 0 Å². The maximum absolute atomic E-state index is 12.7. The third-order valence-corrected chi connectivity index (χ3v) is 4.21. The highest BCUT2D eigenvalue weighted by molar-refractivity contribution is 6.15. The largest absolute Gasteiger partial charge is 0.482 e. The summed E-state index contributed by atoms with van der Waals surface area (Å²) in [5.41, 5.74) is 3.39. The molecule has 0 radical (unpaired) electrons. The van der Waals surface area contributed by atoms with Crippen molar-refractivity contribution in [3.63, 3.8) is 0 Å². The number of Topliss-reactive ketones (excluding diaryl/α,β-unsaturated/α-hetero) is 1. The van der Waals surface area contributed by atoms with E-state index in [4.69, 9.17) is 9.47 Å². The number of carbonyl (C=O) groups excluding carboxylic acids is 2. The predicted octanol–water partition coefficient (Wildman–Crippen LogP) is 3.73. The van der Waals surface area contributed by atoms with Crippen molar-refractivity contribution in [3.8, 4) is 11.5 Å². The molecule has 0 amide bonds. The lowest BCUT2D eigenvalue weighted by atomic mass is 10.0. The fourth-order valence-electron chi connectivity index (χ4n) is 2.76. The van der Waals surface area contributed by atoms with E-state index in [0.717, 1.165) is 17.5 Å². The van der Waals surface area contributed by atoms with Crippen LogP contribution in [0.15, 0.2) is 42.2 Å². The minimum Gasteiger partial charge on any atom is -0.482 e. The Kier molecular flexibility index (Phi) is 5.07. The van der Waals surface area contributed by atoms with Crippen molar-refractivity contribution in [2.45, 2.75) is 20.3 Å². The molecule has 2 aromatic carbocycles. The van der Waals surface area contributed by atoms with Crippen molar-refractivity contribution < 1.29 is 23.8 Å². The van der Waals surface area contributed by atoms with E-state index in [0.29, 0.717) is 17.1 Å². The summed E-state index contributed by atoms with van der Waals surface area (Å²) in [6.07, 6.45) is 2.70. The Morgan fingerprint density at radius 3 is 2.58 bits per heavy atom. The molecule has 0 unspecified atom stereocenters. The normalized spacial score (nSPS) is 14.1. The first-order valence-corrected chi connectivity index (χ1v) is 8.39. The molecule has 134 valence electrons. The number of rotatable bonds is 5. The number of allylic oxidation sites excluding steroid dienone is 1. The van der Waals surface area contributed by atoms with Gasteiger partial charge < -0.3 is 14.2 Å². The summed E-state index contributed by atoms with van der Waals surface area (Å²) in [6.45, 7) is 3.70. The molecule has 0 saturated carbocycles. The molecule has 0 N–H and O–H groups in total. The van der Waals surface area contributed by atoms with Crippen LogP contribution in [0.3, 0.4) is 0 Å². The Labute approximate surface area is 152 Å². The zero-order chi connectivity index (χ0) is 18.7. The minimum atomic E-state index is -0.476. The van der Waals surface area contributed by atoms with E-state index >= 15 is 0 Å². The SMILES string of the molecule is CCc1ccc(/C=C2\Oc3cc(OCC(=O)OC)cc(C)c3C2=O)cc1. The van der Waals surface area contributed by atoms with Crippen LogP contribution in [0.5, 0.6) is 11.5 Å². The molecule has 1 heterocycles. The van der Waals surface area contributed by atoms with Crippen molar-refractivity contribution in [2.75, 3.05) is 13.7 Å². The van der Waals surface area contributed by atoms with Crippen LogP contribution in [-0.4, -0.2) is 25.5 Å². The van der Waals surface area contributed by atoms with Crippen LogP contribution in [0, 0.1) is 6.92 Å². The maximum atomic E-state index is 12.7. The highest BCUT2D eigenvalue weighted by atomic mass is 16.6. The van der Waals surface area contributed by atoms with Gasteiger partial charge in [0.2, 0.25) is 5.78 Å². The second kappa shape index (κ2) is 7.44. The van der Waals surface area contributed by atoms with E-state index in [-0.39, 0.29) is 18.1 Å². The number of hydrogen-bond donors (Lipinski definition) is 0. The van der Waals surface area contributed by atoms with E-state index in [2.05, 4.69) is 11.7 Å². The van der Waals surface area contributed by atoms with E-state index in [1.165, 1.54) is 12.7 Å². The fraction of sp³-hybridized carbons (Fsp3) is 0.238. The number of carbonyl (C=O) groups is 2. The molecule has 0 aliphatic carbocycles. The standard InChI is InChI=1S/C21H20O5/c1-4-14-5-7-15(8-6-14)10-18-21(23)20-13(2)9-16(11-17(20)26-18)25-12-19(22)24-3/h5-11H,4,12H2,1-3H3/b18-10-. The van der Waals surface area contributed by atoms with Crippen LogP contribution in [0.4, 0.5) is 0 Å². The summed E-state index contributed by atoms with van der Waals surface area (Å²) in [5, 5.41) is 0. The van der Waals surface area contributed by atoms with E-state index in [9.17, 15) is 9.59 Å². The molecule has 0 fully saturated rings. The summed E-state index contributed by atoms with van der Waals surface area (Å²) in [6, 6.07) is 11.3. The first-order valence-electron chi connectivity index (χ1n) is 8.39. The highest BCUT2D eigenvalue weighted by Crippen LogP contribution is 2.37. The minimum absolute atomic E-state index is 0.156. The molecule has 2 aromatic rings. The molecule has 0 spiro atoms. The number of aryl methyl sites for hydroxylation is 2. The average molecular weight is 352 g/mol. The molecule has 0 aromatic heterocycles. The number of hydrogen-bond acceptors (Lipinski definition) is 5. The smallest absolute Gasteiger partial charge is 0.343 e. The van der Waals surface area contributed by atoms with E-state index < -0.39 is 5.97 Å². The van der Waals surface area contributed by atoms with Gasteiger partial charge in [0.15, 0.2) is 12.4 Å². The number of benzene rings is 2. The van der Waals surface area contributed by atoms with Crippen LogP contribution in [-0.2, 0) is 16.0 Å². The number of ketones is 1. The Bertz CT molecular complexity index is 878. The van der Waals surface area contributed by atoms with Crippen molar-refractivity contribution in [1.82, 2.24) is 0 Å². The van der Waals surface area contributed by atoms with Crippen molar-refractivity contribution in [1.29, 1.82) is 0 Å². The Balaban J connectivity index is 1.84. The zero-order valence-electron chi connectivity index (χ0n) is 15.0. The highest BCUT2D eigenvalue weighted by Gasteiger charge is 2.30. The van der Waals surface area contributed by atoms with Gasteiger partial charge in [0.05, 0.1) is 12.7 Å². The fourth-order valence-corrected chi connectivity index (χ4v) is 2.76. The second-order valence-electron chi connectivity index (χ2n) is 6.01. The summed E-state index contributed by atoms with van der Waals surface area (Å²) >= 11 is 0. The van der Waals surface area contributed by atoms with Crippen LogP contribution in [0.1, 0.15) is 34.0 Å². The molecular weight excluding hydrogens is 332 g/mol. The van der Waals surface area contributed by atoms with Gasteiger partial charge in [-0.05, 0) is 42.2 Å². The first-order chi connectivity index (χ1) is 12.5. The number of methoxy groups -OCH3 is 1. The van der Waals surface area contributed by atoms with Crippen LogP contribution in [0.25, 0.3) is 6.08 Å². The van der Waals surface area contributed by atoms with Crippen LogP contribution < -0.4 is 9.47 Å². The Morgan fingerprint density at radius 1 is 1.19 bits per heavy atom.